The van der Waals surface area contributed by atoms with Crippen LogP contribution < -0.4 is 15.5 Å². The number of nitrogens with zero attached hydrogens (tertiary/aromatic N) is 5. The molecule has 1 aromatic heterocycles. The summed E-state index contributed by atoms with van der Waals surface area (Å²) in [6, 6.07) is 20.3. The fraction of sp³-hybridized carbons (Fsp3) is 0.185. The van der Waals surface area contributed by atoms with Gasteiger partial charge in [0.25, 0.3) is 0 Å². The van der Waals surface area contributed by atoms with E-state index in [4.69, 9.17) is 4.74 Å². The van der Waals surface area contributed by atoms with Crippen LogP contribution in [0.4, 0.5) is 16.2 Å². The Labute approximate surface area is 207 Å². The van der Waals surface area contributed by atoms with Crippen LogP contribution in [-0.2, 0) is 11.8 Å². The van der Waals surface area contributed by atoms with Crippen LogP contribution in [0.1, 0.15) is 15.9 Å². The molecule has 3 aromatic carbocycles. The van der Waals surface area contributed by atoms with Gasteiger partial charge in [0.15, 0.2) is 0 Å². The first-order valence-corrected chi connectivity index (χ1v) is 11.5. The number of aromatic nitrogens is 3. The predicted octanol–water partition coefficient (Wildman–Crippen LogP) is 3.78. The van der Waals surface area contributed by atoms with Crippen molar-refractivity contribution in [2.75, 3.05) is 30.0 Å². The number of hydrogen-bond acceptors (Lipinski definition) is 5. The van der Waals surface area contributed by atoms with Crippen LogP contribution in [0.15, 0.2) is 77.9 Å². The Morgan fingerprint density at radius 1 is 0.917 bits per heavy atom. The van der Waals surface area contributed by atoms with Crippen LogP contribution >= 0.6 is 0 Å². The molecule has 0 radical (unpaired) electrons. The van der Waals surface area contributed by atoms with Gasteiger partial charge in [0.2, 0.25) is 0 Å². The monoisotopic (exact) mass is 483 g/mol. The second kappa shape index (κ2) is 9.18. The molecule has 1 aliphatic rings. The number of carbonyl (C=O) groups excluding carboxylic acids is 2. The zero-order valence-electron chi connectivity index (χ0n) is 20.2. The fourth-order valence-electron chi connectivity index (χ4n) is 4.51. The first-order valence-electron chi connectivity index (χ1n) is 11.5. The second-order valence-electron chi connectivity index (χ2n) is 8.53. The van der Waals surface area contributed by atoms with Gasteiger partial charge < -0.3 is 4.74 Å². The highest BCUT2D eigenvalue weighted by molar-refractivity contribution is 6.07. The van der Waals surface area contributed by atoms with Crippen molar-refractivity contribution in [2.24, 2.45) is 7.05 Å². The van der Waals surface area contributed by atoms with E-state index in [0.29, 0.717) is 24.3 Å². The third-order valence-corrected chi connectivity index (χ3v) is 6.46. The van der Waals surface area contributed by atoms with Crippen molar-refractivity contribution in [3.05, 3.63) is 94.7 Å². The predicted molar refractivity (Wildman–Crippen MR) is 137 cm³/mol. The van der Waals surface area contributed by atoms with E-state index >= 15 is 0 Å². The molecule has 2 heterocycles. The molecule has 9 nitrogen and oxygen atoms in total. The van der Waals surface area contributed by atoms with Gasteiger partial charge in [-0.15, -0.1) is 0 Å². The van der Waals surface area contributed by atoms with Crippen LogP contribution in [0.25, 0.3) is 16.8 Å². The lowest BCUT2D eigenvalue weighted by molar-refractivity contribution is 0.0600. The first kappa shape index (κ1) is 23.1. The van der Waals surface area contributed by atoms with Crippen molar-refractivity contribution >= 4 is 23.4 Å². The van der Waals surface area contributed by atoms with Gasteiger partial charge in [0.1, 0.15) is 6.33 Å². The van der Waals surface area contributed by atoms with E-state index in [9.17, 15) is 14.4 Å². The maximum absolute atomic E-state index is 13.4. The quantitative estimate of drug-likeness (QED) is 0.403. The summed E-state index contributed by atoms with van der Waals surface area (Å²) in [6.45, 7) is 3.02. The molecule has 0 N–H and O–H groups in total. The second-order valence-corrected chi connectivity index (χ2v) is 8.53. The van der Waals surface area contributed by atoms with Gasteiger partial charge >= 0.3 is 17.7 Å². The fourth-order valence-corrected chi connectivity index (χ4v) is 4.51. The molecule has 182 valence electrons. The number of urea groups is 1. The van der Waals surface area contributed by atoms with Gasteiger partial charge in [-0.05, 0) is 60.0 Å². The number of hydrogen-bond donors (Lipinski definition) is 0. The molecule has 0 atom stereocenters. The molecule has 0 aliphatic carbocycles. The highest BCUT2D eigenvalue weighted by Crippen LogP contribution is 2.34. The van der Waals surface area contributed by atoms with Crippen molar-refractivity contribution in [1.29, 1.82) is 0 Å². The minimum absolute atomic E-state index is 0.149. The summed E-state index contributed by atoms with van der Waals surface area (Å²) >= 11 is 0. The molecule has 0 spiro atoms. The Hall–Kier alpha value is -4.66. The van der Waals surface area contributed by atoms with Crippen molar-refractivity contribution in [2.45, 2.75) is 6.92 Å². The maximum atomic E-state index is 13.4. The molecule has 1 fully saturated rings. The van der Waals surface area contributed by atoms with Crippen LogP contribution in [0, 0.1) is 6.92 Å². The average molecular weight is 484 g/mol. The smallest absolute Gasteiger partial charge is 0.350 e. The minimum Gasteiger partial charge on any atom is -0.465 e. The summed E-state index contributed by atoms with van der Waals surface area (Å²) in [6.07, 6.45) is 1.49. The third kappa shape index (κ3) is 3.94. The molecule has 0 unspecified atom stereocenters. The minimum atomic E-state index is -0.441. The largest absolute Gasteiger partial charge is 0.465 e. The lowest BCUT2D eigenvalue weighted by Crippen LogP contribution is -2.32. The standard InChI is InChI=1S/C27H25N5O4/c1-18-23(19-10-12-21(13-11-19)32-17-28-29(2)26(32)34)8-5-9-24(18)31-15-14-30(27(31)35)22-7-4-6-20(16-22)25(33)36-3/h4-13,16-17H,14-15H2,1-3H3. The average Bonchev–Trinajstić information content (AvgIpc) is 3.45. The molecule has 9 heteroatoms. The summed E-state index contributed by atoms with van der Waals surface area (Å²) in [5.41, 5.74) is 5.34. The Kier molecular flexibility index (Phi) is 5.89. The van der Waals surface area contributed by atoms with E-state index in [1.165, 1.54) is 22.7 Å². The molecule has 36 heavy (non-hydrogen) atoms. The molecule has 0 bridgehead atoms. The first-order chi connectivity index (χ1) is 17.4. The van der Waals surface area contributed by atoms with E-state index in [1.807, 2.05) is 55.5 Å². The van der Waals surface area contributed by atoms with E-state index in [1.54, 1.807) is 35.0 Å². The van der Waals surface area contributed by atoms with Gasteiger partial charge in [-0.1, -0.05) is 30.3 Å². The summed E-state index contributed by atoms with van der Waals surface area (Å²) in [5, 5.41) is 4.00. The lowest BCUT2D eigenvalue weighted by atomic mass is 9.98. The normalized spacial score (nSPS) is 13.4. The summed E-state index contributed by atoms with van der Waals surface area (Å²) in [7, 11) is 2.94. The number of amides is 2. The van der Waals surface area contributed by atoms with E-state index in [0.717, 1.165) is 28.1 Å². The van der Waals surface area contributed by atoms with Gasteiger partial charge in [-0.2, -0.15) is 5.10 Å². The van der Waals surface area contributed by atoms with Crippen molar-refractivity contribution < 1.29 is 14.3 Å². The lowest BCUT2D eigenvalue weighted by Gasteiger charge is -2.22. The van der Waals surface area contributed by atoms with E-state index in [2.05, 4.69) is 5.10 Å². The number of esters is 1. The van der Waals surface area contributed by atoms with E-state index < -0.39 is 5.97 Å². The number of methoxy groups -OCH3 is 1. The highest BCUT2D eigenvalue weighted by Gasteiger charge is 2.32. The number of ether oxygens (including phenoxy) is 1. The summed E-state index contributed by atoms with van der Waals surface area (Å²) in [5.74, 6) is -0.441. The Morgan fingerprint density at radius 3 is 2.33 bits per heavy atom. The summed E-state index contributed by atoms with van der Waals surface area (Å²) < 4.78 is 7.57. The zero-order chi connectivity index (χ0) is 25.4. The Balaban J connectivity index is 1.42. The van der Waals surface area contributed by atoms with Crippen molar-refractivity contribution in [1.82, 2.24) is 14.3 Å². The zero-order valence-corrected chi connectivity index (χ0v) is 20.2. The van der Waals surface area contributed by atoms with Crippen molar-refractivity contribution in [3.8, 4) is 16.8 Å². The number of rotatable bonds is 5. The molecular formula is C27H25N5O4. The van der Waals surface area contributed by atoms with Crippen LogP contribution in [0.2, 0.25) is 0 Å². The van der Waals surface area contributed by atoms with Crippen LogP contribution in [-0.4, -0.2) is 46.5 Å². The molecule has 0 saturated carbocycles. The topological polar surface area (TPSA) is 89.7 Å². The van der Waals surface area contributed by atoms with Crippen LogP contribution in [0.5, 0.6) is 0 Å². The highest BCUT2D eigenvalue weighted by atomic mass is 16.5. The van der Waals surface area contributed by atoms with Gasteiger partial charge in [-0.3, -0.25) is 9.80 Å². The molecule has 4 aromatic rings. The van der Waals surface area contributed by atoms with Gasteiger partial charge in [-0.25, -0.2) is 23.6 Å². The number of carbonyl (C=O) groups is 2. The number of benzene rings is 3. The summed E-state index contributed by atoms with van der Waals surface area (Å²) in [4.78, 5) is 40.9. The van der Waals surface area contributed by atoms with Crippen LogP contribution in [0.3, 0.4) is 0 Å². The molecular weight excluding hydrogens is 458 g/mol. The SMILES string of the molecule is COC(=O)c1cccc(N2CCN(c3cccc(-c4ccc(-n5cnn(C)c5=O)cc4)c3C)C2=O)c1. The number of anilines is 2. The third-order valence-electron chi connectivity index (χ3n) is 6.46. The molecule has 1 aliphatic heterocycles. The van der Waals surface area contributed by atoms with Gasteiger partial charge in [0.05, 0.1) is 18.4 Å². The molecule has 5 rings (SSSR count). The van der Waals surface area contributed by atoms with Gasteiger partial charge in [0, 0.05) is 31.5 Å². The number of aryl methyl sites for hydroxylation is 1. The maximum Gasteiger partial charge on any atom is 0.350 e. The molecule has 1 saturated heterocycles. The van der Waals surface area contributed by atoms with Crippen molar-refractivity contribution in [3.63, 3.8) is 0 Å². The Bertz CT molecular complexity index is 1520. The molecule has 2 amide bonds. The van der Waals surface area contributed by atoms with E-state index in [-0.39, 0.29) is 11.7 Å². The Morgan fingerprint density at radius 2 is 1.64 bits per heavy atom.